The van der Waals surface area contributed by atoms with E-state index in [0.717, 1.165) is 44.8 Å². The van der Waals surface area contributed by atoms with E-state index in [-0.39, 0.29) is 5.75 Å². The van der Waals surface area contributed by atoms with E-state index in [1.807, 2.05) is 13.0 Å². The van der Waals surface area contributed by atoms with Crippen LogP contribution in [0.3, 0.4) is 0 Å². The molecule has 0 atom stereocenters. The number of aromatic hydroxyl groups is 1. The molecular weight excluding hydrogens is 342 g/mol. The number of anilines is 2. The fraction of sp³-hybridized carbons (Fsp3) is 0.143. The first-order chi connectivity index (χ1) is 12.7. The van der Waals surface area contributed by atoms with Gasteiger partial charge in [-0.05, 0) is 48.2 Å². The molecule has 0 fully saturated rings. The summed E-state index contributed by atoms with van der Waals surface area (Å²) in [7, 11) is 0. The highest BCUT2D eigenvalue weighted by Crippen LogP contribution is 2.38. The molecule has 4 nitrogen and oxygen atoms in total. The van der Waals surface area contributed by atoms with Crippen LogP contribution in [0.25, 0.3) is 21.3 Å². The summed E-state index contributed by atoms with van der Waals surface area (Å²) in [5, 5.41) is 16.2. The van der Waals surface area contributed by atoms with Gasteiger partial charge in [-0.3, -0.25) is 0 Å². The third-order valence-corrected chi connectivity index (χ3v) is 5.39. The molecule has 2 aromatic carbocycles. The zero-order valence-electron chi connectivity index (χ0n) is 14.7. The predicted octanol–water partition coefficient (Wildman–Crippen LogP) is 5.68. The highest BCUT2D eigenvalue weighted by Gasteiger charge is 2.14. The van der Waals surface area contributed by atoms with E-state index in [2.05, 4.69) is 51.9 Å². The van der Waals surface area contributed by atoms with Crippen molar-refractivity contribution in [1.82, 2.24) is 9.97 Å². The van der Waals surface area contributed by atoms with Crippen LogP contribution >= 0.6 is 11.3 Å². The molecule has 0 unspecified atom stereocenters. The SMILES string of the molecule is CCc1ccc(-c2csc3ncnc(Nc4ccc(O)cc4C)c23)cc1. The van der Waals surface area contributed by atoms with E-state index in [1.165, 1.54) is 5.56 Å². The van der Waals surface area contributed by atoms with E-state index in [4.69, 9.17) is 0 Å². The Kier molecular flexibility index (Phi) is 4.31. The molecule has 0 spiro atoms. The average Bonchev–Trinajstić information content (AvgIpc) is 3.09. The van der Waals surface area contributed by atoms with Gasteiger partial charge in [-0.2, -0.15) is 0 Å². The molecule has 5 heteroatoms. The molecule has 0 aliphatic rings. The zero-order valence-corrected chi connectivity index (χ0v) is 15.5. The van der Waals surface area contributed by atoms with Gasteiger partial charge in [0.25, 0.3) is 0 Å². The van der Waals surface area contributed by atoms with Gasteiger partial charge in [0.1, 0.15) is 22.7 Å². The van der Waals surface area contributed by atoms with Crippen LogP contribution in [0.1, 0.15) is 18.1 Å². The Balaban J connectivity index is 1.81. The lowest BCUT2D eigenvalue weighted by molar-refractivity contribution is 0.475. The van der Waals surface area contributed by atoms with E-state index < -0.39 is 0 Å². The lowest BCUT2D eigenvalue weighted by Gasteiger charge is -2.11. The summed E-state index contributed by atoms with van der Waals surface area (Å²) in [5.41, 5.74) is 5.49. The Bertz CT molecular complexity index is 1070. The van der Waals surface area contributed by atoms with E-state index in [1.54, 1.807) is 29.8 Å². The summed E-state index contributed by atoms with van der Waals surface area (Å²) in [6.45, 7) is 4.11. The van der Waals surface area contributed by atoms with Crippen molar-refractivity contribution in [2.45, 2.75) is 20.3 Å². The van der Waals surface area contributed by atoms with Crippen molar-refractivity contribution in [3.63, 3.8) is 0 Å². The number of phenolic OH excluding ortho intramolecular Hbond substituents is 1. The second-order valence-corrected chi connectivity index (χ2v) is 7.08. The summed E-state index contributed by atoms with van der Waals surface area (Å²) in [6.07, 6.45) is 2.61. The first-order valence-corrected chi connectivity index (χ1v) is 9.42. The Hall–Kier alpha value is -2.92. The van der Waals surface area contributed by atoms with Gasteiger partial charge in [0.2, 0.25) is 0 Å². The molecule has 0 aliphatic carbocycles. The number of rotatable bonds is 4. The van der Waals surface area contributed by atoms with Gasteiger partial charge in [0.15, 0.2) is 0 Å². The minimum Gasteiger partial charge on any atom is -0.508 e. The molecule has 0 bridgehead atoms. The van der Waals surface area contributed by atoms with Crippen LogP contribution in [0.4, 0.5) is 11.5 Å². The lowest BCUT2D eigenvalue weighted by atomic mass is 10.0. The number of aryl methyl sites for hydroxylation is 2. The minimum absolute atomic E-state index is 0.258. The van der Waals surface area contributed by atoms with Gasteiger partial charge in [-0.1, -0.05) is 31.2 Å². The number of benzene rings is 2. The molecule has 26 heavy (non-hydrogen) atoms. The van der Waals surface area contributed by atoms with Crippen molar-refractivity contribution < 1.29 is 5.11 Å². The van der Waals surface area contributed by atoms with Gasteiger partial charge in [-0.15, -0.1) is 11.3 Å². The van der Waals surface area contributed by atoms with Gasteiger partial charge < -0.3 is 10.4 Å². The number of hydrogen-bond acceptors (Lipinski definition) is 5. The van der Waals surface area contributed by atoms with Crippen LogP contribution in [-0.4, -0.2) is 15.1 Å². The molecular formula is C21H19N3OS. The first-order valence-electron chi connectivity index (χ1n) is 8.54. The third-order valence-electron chi connectivity index (χ3n) is 4.51. The Morgan fingerprint density at radius 3 is 2.62 bits per heavy atom. The molecule has 2 aromatic heterocycles. The maximum atomic E-state index is 9.63. The number of fused-ring (bicyclic) bond motifs is 1. The Morgan fingerprint density at radius 2 is 1.88 bits per heavy atom. The second-order valence-electron chi connectivity index (χ2n) is 6.23. The predicted molar refractivity (Wildman–Crippen MR) is 108 cm³/mol. The van der Waals surface area contributed by atoms with Crippen molar-refractivity contribution in [2.24, 2.45) is 0 Å². The molecule has 130 valence electrons. The van der Waals surface area contributed by atoms with Crippen LogP contribution in [-0.2, 0) is 6.42 Å². The fourth-order valence-electron chi connectivity index (χ4n) is 3.02. The summed E-state index contributed by atoms with van der Waals surface area (Å²) in [5.74, 6) is 1.03. The number of nitrogens with zero attached hydrogens (tertiary/aromatic N) is 2. The van der Waals surface area contributed by atoms with Crippen LogP contribution in [0.5, 0.6) is 5.75 Å². The second kappa shape index (κ2) is 6.77. The average molecular weight is 361 g/mol. The van der Waals surface area contributed by atoms with E-state index in [9.17, 15) is 5.11 Å². The van der Waals surface area contributed by atoms with Crippen LogP contribution in [0.15, 0.2) is 54.2 Å². The summed E-state index contributed by atoms with van der Waals surface area (Å²) in [6, 6.07) is 13.9. The van der Waals surface area contributed by atoms with Gasteiger partial charge in [0, 0.05) is 16.6 Å². The van der Waals surface area contributed by atoms with Gasteiger partial charge in [0.05, 0.1) is 5.39 Å². The van der Waals surface area contributed by atoms with Crippen LogP contribution in [0.2, 0.25) is 0 Å². The number of aromatic nitrogens is 2. The van der Waals surface area contributed by atoms with E-state index in [0.29, 0.717) is 0 Å². The van der Waals surface area contributed by atoms with Gasteiger partial charge >= 0.3 is 0 Å². The van der Waals surface area contributed by atoms with Crippen molar-refractivity contribution in [3.8, 4) is 16.9 Å². The fourth-order valence-corrected chi connectivity index (χ4v) is 3.93. The highest BCUT2D eigenvalue weighted by molar-refractivity contribution is 7.17. The molecule has 0 amide bonds. The van der Waals surface area contributed by atoms with Crippen molar-refractivity contribution in [1.29, 1.82) is 0 Å². The molecule has 0 saturated carbocycles. The summed E-state index contributed by atoms with van der Waals surface area (Å²) >= 11 is 1.62. The smallest absolute Gasteiger partial charge is 0.143 e. The monoisotopic (exact) mass is 361 g/mol. The van der Waals surface area contributed by atoms with Crippen LogP contribution in [0, 0.1) is 6.92 Å². The Morgan fingerprint density at radius 1 is 1.08 bits per heavy atom. The Labute approximate surface area is 156 Å². The quantitative estimate of drug-likeness (QED) is 0.459. The van der Waals surface area contributed by atoms with E-state index >= 15 is 0 Å². The number of thiophene rings is 1. The lowest BCUT2D eigenvalue weighted by Crippen LogP contribution is -1.97. The summed E-state index contributed by atoms with van der Waals surface area (Å²) < 4.78 is 0. The molecule has 0 radical (unpaired) electrons. The summed E-state index contributed by atoms with van der Waals surface area (Å²) in [4.78, 5) is 9.86. The molecule has 4 aromatic rings. The molecule has 2 heterocycles. The minimum atomic E-state index is 0.258. The highest BCUT2D eigenvalue weighted by atomic mass is 32.1. The molecule has 0 saturated heterocycles. The number of hydrogen-bond donors (Lipinski definition) is 2. The normalized spacial score (nSPS) is 11.0. The molecule has 2 N–H and O–H groups in total. The molecule has 4 rings (SSSR count). The first kappa shape index (κ1) is 16.5. The third kappa shape index (κ3) is 3.02. The van der Waals surface area contributed by atoms with Crippen molar-refractivity contribution in [2.75, 3.05) is 5.32 Å². The maximum Gasteiger partial charge on any atom is 0.143 e. The topological polar surface area (TPSA) is 58.0 Å². The zero-order chi connectivity index (χ0) is 18.1. The van der Waals surface area contributed by atoms with Crippen molar-refractivity contribution >= 4 is 33.1 Å². The van der Waals surface area contributed by atoms with Crippen molar-refractivity contribution in [3.05, 3.63) is 65.3 Å². The van der Waals surface area contributed by atoms with Crippen LogP contribution < -0.4 is 5.32 Å². The number of phenols is 1. The van der Waals surface area contributed by atoms with Gasteiger partial charge in [-0.25, -0.2) is 9.97 Å². The largest absolute Gasteiger partial charge is 0.508 e. The number of nitrogens with one attached hydrogen (secondary N) is 1. The molecule has 0 aliphatic heterocycles. The maximum absolute atomic E-state index is 9.63. The standard InChI is InChI=1S/C21H19N3OS/c1-3-14-4-6-15(7-5-14)17-11-26-21-19(17)20(22-12-23-21)24-18-9-8-16(25)10-13(18)2/h4-12,25H,3H2,1-2H3,(H,22,23,24).